The van der Waals surface area contributed by atoms with E-state index in [2.05, 4.69) is 33.4 Å². The fourth-order valence-electron chi connectivity index (χ4n) is 10.7. The zero-order chi connectivity index (χ0) is 58.8. The number of carbonyl (C=O) groups excluding carboxylic acids is 6. The van der Waals surface area contributed by atoms with Crippen LogP contribution in [0.5, 0.6) is 0 Å². The van der Waals surface area contributed by atoms with Gasteiger partial charge in [-0.25, -0.2) is 9.36 Å². The molecule has 0 radical (unpaired) electrons. The topological polar surface area (TPSA) is 247 Å². The van der Waals surface area contributed by atoms with Gasteiger partial charge in [-0.15, -0.1) is 24.8 Å². The van der Waals surface area contributed by atoms with Gasteiger partial charge in [-0.05, 0) is 113 Å². The Morgan fingerprint density at radius 2 is 0.953 bits per heavy atom. The first-order valence-electron chi connectivity index (χ1n) is 27.2. The SMILES string of the molecule is CN[C@@H](C)C(=O)NC1CC(=O)N(Cc2nn(-c3ccccc3C#N)c3ccccc23)c2ccccc2N1C(=O)c1ccc(C(=O)N2C[C@H](NC(=O)[C@H](C)NC)C(=O)N(Cc3nn(-c4ccccc4C#N)c4ccccc34)c3ccccc32)cc1.Cl.Cl. The molecule has 9 aromatic rings. The molecule has 6 amide bonds. The molecule has 0 fully saturated rings. The van der Waals surface area contributed by atoms with Crippen molar-refractivity contribution in [3.05, 3.63) is 203 Å². The highest BCUT2D eigenvalue weighted by molar-refractivity contribution is 6.15. The molecule has 4 heterocycles. The van der Waals surface area contributed by atoms with Gasteiger partial charge in [0.05, 0.1) is 106 Å². The highest BCUT2D eigenvalue weighted by atomic mass is 35.5. The predicted molar refractivity (Wildman–Crippen MR) is 332 cm³/mol. The van der Waals surface area contributed by atoms with Crippen molar-refractivity contribution < 1.29 is 28.8 Å². The Labute approximate surface area is 507 Å². The van der Waals surface area contributed by atoms with Crippen molar-refractivity contribution in [2.75, 3.05) is 40.2 Å². The summed E-state index contributed by atoms with van der Waals surface area (Å²) in [6.07, 6.45) is -1.53. The van der Waals surface area contributed by atoms with E-state index in [9.17, 15) is 24.9 Å². The Bertz CT molecular complexity index is 4190. The molecule has 22 heteroatoms. The average Bonchev–Trinajstić information content (AvgIpc) is 1.88. The van der Waals surface area contributed by atoms with E-state index in [1.165, 1.54) is 39.0 Å². The van der Waals surface area contributed by atoms with Gasteiger partial charge in [-0.2, -0.15) is 20.7 Å². The maximum absolute atomic E-state index is 15.3. The number of benzene rings is 7. The van der Waals surface area contributed by atoms with Crippen molar-refractivity contribution >= 4 is 105 Å². The van der Waals surface area contributed by atoms with Crippen LogP contribution in [-0.4, -0.2) is 99.9 Å². The minimum absolute atomic E-state index is 0. The van der Waals surface area contributed by atoms with Gasteiger partial charge < -0.3 is 36.0 Å². The molecule has 0 aliphatic carbocycles. The third-order valence-electron chi connectivity index (χ3n) is 15.4. The zero-order valence-corrected chi connectivity index (χ0v) is 48.7. The first kappa shape index (κ1) is 60.4. The minimum Gasteiger partial charge on any atom is -0.341 e. The summed E-state index contributed by atoms with van der Waals surface area (Å²) >= 11 is 0. The van der Waals surface area contributed by atoms with E-state index in [4.69, 9.17) is 10.2 Å². The van der Waals surface area contributed by atoms with Gasteiger partial charge in [0.25, 0.3) is 17.7 Å². The second-order valence-corrected chi connectivity index (χ2v) is 20.4. The predicted octanol–water partition coefficient (Wildman–Crippen LogP) is 7.87. The maximum Gasteiger partial charge on any atom is 0.260 e. The van der Waals surface area contributed by atoms with Gasteiger partial charge in [-0.1, -0.05) is 84.9 Å². The molecule has 86 heavy (non-hydrogen) atoms. The number of amides is 6. The Morgan fingerprint density at radius 1 is 0.535 bits per heavy atom. The highest BCUT2D eigenvalue weighted by Crippen LogP contribution is 2.39. The molecule has 0 saturated carbocycles. The quantitative estimate of drug-likeness (QED) is 0.0813. The highest BCUT2D eigenvalue weighted by Gasteiger charge is 2.41. The maximum atomic E-state index is 15.3. The van der Waals surface area contributed by atoms with Crippen LogP contribution in [0.1, 0.15) is 63.5 Å². The van der Waals surface area contributed by atoms with E-state index in [1.807, 2.05) is 60.7 Å². The number of likely N-dealkylation sites (N-methyl/N-ethyl adjacent to an activating group) is 2. The molecule has 434 valence electrons. The van der Waals surface area contributed by atoms with Crippen molar-refractivity contribution in [2.45, 2.75) is 57.6 Å². The van der Waals surface area contributed by atoms with Gasteiger partial charge in [0.2, 0.25) is 17.7 Å². The van der Waals surface area contributed by atoms with Crippen LogP contribution in [-0.2, 0) is 32.3 Å². The van der Waals surface area contributed by atoms with Gasteiger partial charge in [0.15, 0.2) is 0 Å². The zero-order valence-electron chi connectivity index (χ0n) is 47.0. The lowest BCUT2D eigenvalue weighted by Gasteiger charge is -2.32. The number of para-hydroxylation sites is 8. The summed E-state index contributed by atoms with van der Waals surface area (Å²) in [5.74, 6) is -2.98. The Morgan fingerprint density at radius 3 is 1.47 bits per heavy atom. The van der Waals surface area contributed by atoms with Gasteiger partial charge in [0, 0.05) is 21.9 Å². The largest absolute Gasteiger partial charge is 0.341 e. The number of fused-ring (bicyclic) bond motifs is 4. The summed E-state index contributed by atoms with van der Waals surface area (Å²) in [4.78, 5) is 93.9. The fraction of sp³-hybridized carbons (Fsp3) is 0.188. The van der Waals surface area contributed by atoms with Crippen molar-refractivity contribution in [2.24, 2.45) is 0 Å². The average molecular weight is 1190 g/mol. The van der Waals surface area contributed by atoms with Crippen LogP contribution < -0.4 is 40.9 Å². The van der Waals surface area contributed by atoms with E-state index in [-0.39, 0.29) is 62.0 Å². The Hall–Kier alpha value is -10.2. The molecule has 2 aromatic heterocycles. The van der Waals surface area contributed by atoms with Crippen LogP contribution in [0.15, 0.2) is 170 Å². The fourth-order valence-corrected chi connectivity index (χ4v) is 10.7. The molecular weight excluding hydrogens is 1130 g/mol. The number of nitrogens with one attached hydrogen (secondary N) is 4. The van der Waals surface area contributed by atoms with Crippen LogP contribution in [0.3, 0.4) is 0 Å². The number of nitriles is 2. The first-order chi connectivity index (χ1) is 40.8. The molecule has 2 aliphatic heterocycles. The Balaban J connectivity index is 0.00000442. The molecule has 7 aromatic carbocycles. The molecule has 2 aliphatic rings. The van der Waals surface area contributed by atoms with Crippen molar-refractivity contribution in [1.82, 2.24) is 40.8 Å². The number of halogens is 2. The molecule has 4 N–H and O–H groups in total. The standard InChI is InChI=1S/C64H56N14O6.2ClH/c1-39(67-3)60(80)69-49-38-74(54-25-13-14-26-55(54)75(64(49)84)37-48-46-20-8-12-24-53(46)78(72-48)51-22-10-6-18-44(51)35-66)62(82)41-29-31-42(32-30-41)63(83)76-57-28-16-15-27-56(57)73(59(79)33-58(76)70-61(81)40(2)68-4)36-47-45-19-7-11-23-52(45)77(71-47)50-21-9-5-17-43(50)34-65;;/h5-32,39-40,49,58,67-68H,33,36-38H2,1-4H3,(H,69,80)(H,70,81);2*1H/t39-,40-,49-,58?;;/m0../s1. The second kappa shape index (κ2) is 25.7. The number of rotatable bonds is 14. The molecule has 11 rings (SSSR count). The van der Waals surface area contributed by atoms with Crippen LogP contribution >= 0.6 is 24.8 Å². The van der Waals surface area contributed by atoms with Gasteiger partial charge >= 0.3 is 0 Å². The van der Waals surface area contributed by atoms with Crippen LogP contribution in [0.25, 0.3) is 33.2 Å². The molecular formula is C64H58Cl2N14O6. The summed E-state index contributed by atoms with van der Waals surface area (Å²) in [7, 11) is 3.25. The number of hydrogen-bond donors (Lipinski definition) is 4. The normalized spacial score (nSPS) is 15.4. The van der Waals surface area contributed by atoms with Crippen LogP contribution in [0.4, 0.5) is 22.7 Å². The number of nitrogens with zero attached hydrogens (tertiary/aromatic N) is 10. The summed E-state index contributed by atoms with van der Waals surface area (Å²) in [6, 6.07) is 50.9. The lowest BCUT2D eigenvalue weighted by Crippen LogP contribution is -2.55. The molecule has 0 bridgehead atoms. The van der Waals surface area contributed by atoms with Crippen LogP contribution in [0.2, 0.25) is 0 Å². The van der Waals surface area contributed by atoms with Gasteiger partial charge in [0.1, 0.15) is 24.3 Å². The van der Waals surface area contributed by atoms with E-state index in [0.717, 1.165) is 10.8 Å². The van der Waals surface area contributed by atoms with Crippen molar-refractivity contribution in [3.63, 3.8) is 0 Å². The summed E-state index contributed by atoms with van der Waals surface area (Å²) < 4.78 is 3.36. The lowest BCUT2D eigenvalue weighted by atomic mass is 10.1. The smallest absolute Gasteiger partial charge is 0.260 e. The molecule has 20 nitrogen and oxygen atoms in total. The third-order valence-corrected chi connectivity index (χ3v) is 15.4. The van der Waals surface area contributed by atoms with E-state index < -0.39 is 59.7 Å². The molecule has 1 unspecified atom stereocenters. The number of anilines is 4. The van der Waals surface area contributed by atoms with Crippen molar-refractivity contribution in [1.29, 1.82) is 10.5 Å². The van der Waals surface area contributed by atoms with Gasteiger partial charge in [-0.3, -0.25) is 33.7 Å². The first-order valence-corrected chi connectivity index (χ1v) is 27.2. The third kappa shape index (κ3) is 11.3. The van der Waals surface area contributed by atoms with Crippen molar-refractivity contribution in [3.8, 4) is 23.5 Å². The Kier molecular flexibility index (Phi) is 18.1. The molecule has 0 spiro atoms. The second-order valence-electron chi connectivity index (χ2n) is 20.4. The van der Waals surface area contributed by atoms with Crippen LogP contribution in [0, 0.1) is 22.7 Å². The number of aromatic nitrogens is 4. The van der Waals surface area contributed by atoms with E-state index in [0.29, 0.717) is 67.7 Å². The molecule has 0 saturated heterocycles. The number of hydrogen-bond acceptors (Lipinski definition) is 12. The molecule has 4 atom stereocenters. The summed E-state index contributed by atoms with van der Waals surface area (Å²) in [6.45, 7) is 2.92. The van der Waals surface area contributed by atoms with E-state index in [1.54, 1.807) is 127 Å². The monoisotopic (exact) mass is 1190 g/mol. The van der Waals surface area contributed by atoms with E-state index >= 15 is 14.4 Å². The summed E-state index contributed by atoms with van der Waals surface area (Å²) in [5.41, 5.74) is 6.05. The number of carbonyl (C=O) groups is 6. The minimum atomic E-state index is -1.25. The summed E-state index contributed by atoms with van der Waals surface area (Å²) in [5, 5.41) is 43.2. The lowest BCUT2D eigenvalue weighted by molar-refractivity contribution is -0.128.